The Balaban J connectivity index is 1.69. The fourth-order valence-electron chi connectivity index (χ4n) is 4.36. The molecule has 2 aliphatic rings. The summed E-state index contributed by atoms with van der Waals surface area (Å²) in [5, 5.41) is 0. The van der Waals surface area contributed by atoms with Gasteiger partial charge in [-0.1, -0.05) is 31.2 Å². The van der Waals surface area contributed by atoms with Crippen LogP contribution in [0.15, 0.2) is 42.5 Å². The van der Waals surface area contributed by atoms with Crippen LogP contribution in [0.5, 0.6) is 0 Å². The van der Waals surface area contributed by atoms with Gasteiger partial charge in [0.2, 0.25) is 0 Å². The van der Waals surface area contributed by atoms with Crippen LogP contribution in [0, 0.1) is 5.82 Å². The first-order valence-electron chi connectivity index (χ1n) is 9.16. The fourth-order valence-corrected chi connectivity index (χ4v) is 4.36. The van der Waals surface area contributed by atoms with Gasteiger partial charge in [-0.15, -0.1) is 0 Å². The third-order valence-electron chi connectivity index (χ3n) is 5.56. The van der Waals surface area contributed by atoms with Crippen LogP contribution in [-0.4, -0.2) is 30.7 Å². The van der Waals surface area contributed by atoms with Crippen LogP contribution in [0.4, 0.5) is 10.1 Å². The number of likely N-dealkylation sites (tertiary alicyclic amines) is 1. The van der Waals surface area contributed by atoms with E-state index in [2.05, 4.69) is 34.9 Å². The monoisotopic (exact) mass is 324 g/mol. The Morgan fingerprint density at radius 3 is 2.67 bits per heavy atom. The molecular formula is C21H25FN2. The molecule has 1 fully saturated rings. The molecule has 0 bridgehead atoms. The smallest absolute Gasteiger partial charge is 0.123 e. The zero-order chi connectivity index (χ0) is 16.5. The van der Waals surface area contributed by atoms with Crippen LogP contribution in [-0.2, 0) is 6.42 Å². The first kappa shape index (κ1) is 15.6. The minimum absolute atomic E-state index is 0.172. The molecule has 1 saturated heterocycles. The van der Waals surface area contributed by atoms with Crippen molar-refractivity contribution in [2.24, 2.45) is 0 Å². The third kappa shape index (κ3) is 2.71. The Labute approximate surface area is 143 Å². The minimum Gasteiger partial charge on any atom is -0.355 e. The maximum Gasteiger partial charge on any atom is 0.123 e. The average Bonchev–Trinajstić information content (AvgIpc) is 3.06. The first-order valence-corrected chi connectivity index (χ1v) is 9.16. The Kier molecular flexibility index (Phi) is 4.28. The van der Waals surface area contributed by atoms with E-state index in [1.807, 2.05) is 12.1 Å². The van der Waals surface area contributed by atoms with Gasteiger partial charge >= 0.3 is 0 Å². The summed E-state index contributed by atoms with van der Waals surface area (Å²) in [7, 11) is 0. The lowest BCUT2D eigenvalue weighted by molar-refractivity contribution is 0.153. The molecule has 0 N–H and O–H groups in total. The maximum atomic E-state index is 13.2. The van der Waals surface area contributed by atoms with Gasteiger partial charge in [-0.25, -0.2) is 4.39 Å². The Morgan fingerprint density at radius 2 is 1.88 bits per heavy atom. The Bertz CT molecular complexity index is 710. The molecule has 1 atom stereocenters. The van der Waals surface area contributed by atoms with Gasteiger partial charge < -0.3 is 4.90 Å². The van der Waals surface area contributed by atoms with Gasteiger partial charge in [0.25, 0.3) is 0 Å². The molecule has 4 rings (SSSR count). The molecular weight excluding hydrogens is 299 g/mol. The van der Waals surface area contributed by atoms with Crippen molar-refractivity contribution < 1.29 is 4.39 Å². The number of halogens is 1. The van der Waals surface area contributed by atoms with Crippen LogP contribution < -0.4 is 4.90 Å². The van der Waals surface area contributed by atoms with Gasteiger partial charge in [0, 0.05) is 18.8 Å². The molecule has 24 heavy (non-hydrogen) atoms. The molecule has 126 valence electrons. The van der Waals surface area contributed by atoms with Crippen molar-refractivity contribution in [1.29, 1.82) is 0 Å². The molecule has 0 saturated carbocycles. The van der Waals surface area contributed by atoms with E-state index < -0.39 is 0 Å². The standard InChI is InChI=1S/C21H25FN2/c1-2-23-14-4-3-8-21(23)24-15-13-19-18(6-5-7-20(19)24)16-9-11-17(22)12-10-16/h5-7,9-12,21H,2-4,8,13-15H2,1H3. The number of anilines is 1. The number of benzene rings is 2. The average molecular weight is 324 g/mol. The van der Waals surface area contributed by atoms with E-state index in [1.165, 1.54) is 42.6 Å². The molecule has 2 nitrogen and oxygen atoms in total. The van der Waals surface area contributed by atoms with Gasteiger partial charge in [0.1, 0.15) is 5.82 Å². The van der Waals surface area contributed by atoms with Crippen LogP contribution in [0.3, 0.4) is 0 Å². The van der Waals surface area contributed by atoms with Crippen LogP contribution in [0.2, 0.25) is 0 Å². The molecule has 2 aliphatic heterocycles. The van der Waals surface area contributed by atoms with Gasteiger partial charge in [0.15, 0.2) is 0 Å². The second-order valence-corrected chi connectivity index (χ2v) is 6.86. The number of fused-ring (bicyclic) bond motifs is 1. The van der Waals surface area contributed by atoms with Crippen molar-refractivity contribution in [2.75, 3.05) is 24.5 Å². The molecule has 0 amide bonds. The van der Waals surface area contributed by atoms with E-state index >= 15 is 0 Å². The van der Waals surface area contributed by atoms with Crippen molar-refractivity contribution in [3.05, 3.63) is 53.8 Å². The maximum absolute atomic E-state index is 13.2. The lowest BCUT2D eigenvalue weighted by Gasteiger charge is -2.42. The molecule has 2 aromatic rings. The summed E-state index contributed by atoms with van der Waals surface area (Å²) in [4.78, 5) is 5.22. The molecule has 2 aromatic carbocycles. The number of rotatable bonds is 3. The topological polar surface area (TPSA) is 6.48 Å². The predicted octanol–water partition coefficient (Wildman–Crippen LogP) is 4.69. The Morgan fingerprint density at radius 1 is 1.04 bits per heavy atom. The summed E-state index contributed by atoms with van der Waals surface area (Å²) in [6, 6.07) is 13.5. The summed E-state index contributed by atoms with van der Waals surface area (Å²) in [5.41, 5.74) is 5.17. The zero-order valence-electron chi connectivity index (χ0n) is 14.3. The highest BCUT2D eigenvalue weighted by atomic mass is 19.1. The van der Waals surface area contributed by atoms with E-state index in [0.29, 0.717) is 6.17 Å². The minimum atomic E-state index is -0.172. The molecule has 0 spiro atoms. The summed E-state index contributed by atoms with van der Waals surface area (Å²) in [6.07, 6.45) is 5.52. The summed E-state index contributed by atoms with van der Waals surface area (Å²) >= 11 is 0. The molecule has 0 radical (unpaired) electrons. The second kappa shape index (κ2) is 6.56. The number of hydrogen-bond acceptors (Lipinski definition) is 2. The summed E-state index contributed by atoms with van der Waals surface area (Å²) in [5.74, 6) is -0.172. The van der Waals surface area contributed by atoms with Crippen molar-refractivity contribution >= 4 is 5.69 Å². The highest BCUT2D eigenvalue weighted by Crippen LogP contribution is 2.39. The largest absolute Gasteiger partial charge is 0.355 e. The molecule has 1 unspecified atom stereocenters. The van der Waals surface area contributed by atoms with Crippen molar-refractivity contribution in [1.82, 2.24) is 4.90 Å². The molecule has 0 aliphatic carbocycles. The molecule has 0 aromatic heterocycles. The predicted molar refractivity (Wildman–Crippen MR) is 97.8 cm³/mol. The lowest BCUT2D eigenvalue weighted by Crippen LogP contribution is -2.50. The molecule has 2 heterocycles. The number of hydrogen-bond donors (Lipinski definition) is 0. The molecule has 3 heteroatoms. The van der Waals surface area contributed by atoms with Crippen molar-refractivity contribution in [3.63, 3.8) is 0 Å². The van der Waals surface area contributed by atoms with Gasteiger partial charge in [-0.2, -0.15) is 0 Å². The highest BCUT2D eigenvalue weighted by molar-refractivity contribution is 5.76. The SMILES string of the molecule is CCN1CCCCC1N1CCc2c(-c3ccc(F)cc3)cccc21. The van der Waals surface area contributed by atoms with E-state index in [-0.39, 0.29) is 5.82 Å². The van der Waals surface area contributed by atoms with Crippen molar-refractivity contribution in [3.8, 4) is 11.1 Å². The lowest BCUT2D eigenvalue weighted by atomic mass is 9.98. The van der Waals surface area contributed by atoms with Crippen LogP contribution in [0.1, 0.15) is 31.7 Å². The van der Waals surface area contributed by atoms with Crippen LogP contribution in [0.25, 0.3) is 11.1 Å². The van der Waals surface area contributed by atoms with Crippen LogP contribution >= 0.6 is 0 Å². The number of piperidine rings is 1. The zero-order valence-corrected chi connectivity index (χ0v) is 14.3. The number of nitrogens with zero attached hydrogens (tertiary/aromatic N) is 2. The van der Waals surface area contributed by atoms with E-state index in [4.69, 9.17) is 0 Å². The van der Waals surface area contributed by atoms with Gasteiger partial charge in [-0.05, 0) is 67.1 Å². The van der Waals surface area contributed by atoms with Gasteiger partial charge in [-0.3, -0.25) is 4.90 Å². The summed E-state index contributed by atoms with van der Waals surface area (Å²) in [6.45, 7) is 5.69. The fraction of sp³-hybridized carbons (Fsp3) is 0.429. The van der Waals surface area contributed by atoms with E-state index in [9.17, 15) is 4.39 Å². The van der Waals surface area contributed by atoms with E-state index in [1.54, 1.807) is 12.1 Å². The van der Waals surface area contributed by atoms with Crippen molar-refractivity contribution in [2.45, 2.75) is 38.8 Å². The van der Waals surface area contributed by atoms with Gasteiger partial charge in [0.05, 0.1) is 6.17 Å². The third-order valence-corrected chi connectivity index (χ3v) is 5.56. The second-order valence-electron chi connectivity index (χ2n) is 6.86. The summed E-state index contributed by atoms with van der Waals surface area (Å²) < 4.78 is 13.2. The first-order chi connectivity index (χ1) is 11.8. The Hall–Kier alpha value is -1.87. The highest BCUT2D eigenvalue weighted by Gasteiger charge is 2.32. The normalized spacial score (nSPS) is 21.1. The quantitative estimate of drug-likeness (QED) is 0.808. The van der Waals surface area contributed by atoms with E-state index in [0.717, 1.165) is 25.1 Å².